The molecule has 4 rings (SSSR count). The van der Waals surface area contributed by atoms with E-state index in [-0.39, 0.29) is 0 Å². The van der Waals surface area contributed by atoms with Crippen molar-refractivity contribution in [3.63, 3.8) is 0 Å². The van der Waals surface area contributed by atoms with Crippen molar-refractivity contribution in [2.75, 3.05) is 86.2 Å². The van der Waals surface area contributed by atoms with Crippen molar-refractivity contribution in [3.05, 3.63) is 107 Å². The third-order valence-corrected chi connectivity index (χ3v) is 10.1. The molecule has 0 saturated heterocycles. The second kappa shape index (κ2) is 20.8. The van der Waals surface area contributed by atoms with Gasteiger partial charge in [-0.25, -0.2) is 0 Å². The van der Waals surface area contributed by atoms with E-state index in [4.69, 9.17) is 14.2 Å². The molecule has 2 atom stereocenters. The van der Waals surface area contributed by atoms with Crippen LogP contribution in [0.15, 0.2) is 84.9 Å². The molecular formula is C46H66N4O3. The summed E-state index contributed by atoms with van der Waals surface area (Å²) in [5.41, 5.74) is 8.79. The number of anilines is 4. The van der Waals surface area contributed by atoms with Gasteiger partial charge >= 0.3 is 0 Å². The lowest BCUT2D eigenvalue weighted by molar-refractivity contribution is 0.0278. The Hall–Kier alpha value is -4.36. The van der Waals surface area contributed by atoms with Gasteiger partial charge in [0.2, 0.25) is 0 Å². The van der Waals surface area contributed by atoms with Crippen LogP contribution in [0, 0.1) is 0 Å². The first-order valence-corrected chi connectivity index (χ1v) is 20.1. The van der Waals surface area contributed by atoms with Crippen LogP contribution >= 0.6 is 0 Å². The molecule has 0 aromatic heterocycles. The molecule has 0 aliphatic heterocycles. The SMILES string of the molecule is CCCN(C)c1ccc(C(OC(c2ccc(N(C)CCC)cc2)c2ccc(N(CC)CC)cc2OCC)c2ccc(N(CC)CC)cc2OCC)cc1. The summed E-state index contributed by atoms with van der Waals surface area (Å²) < 4.78 is 20.5. The molecule has 288 valence electrons. The van der Waals surface area contributed by atoms with Gasteiger partial charge in [-0.3, -0.25) is 0 Å². The molecule has 4 aromatic rings. The first-order chi connectivity index (χ1) is 25.8. The van der Waals surface area contributed by atoms with E-state index in [0.717, 1.165) is 97.2 Å². The highest BCUT2D eigenvalue weighted by Gasteiger charge is 2.29. The predicted octanol–water partition coefficient (Wildman–Crippen LogP) is 10.8. The van der Waals surface area contributed by atoms with Gasteiger partial charge < -0.3 is 33.8 Å². The molecule has 0 heterocycles. The minimum atomic E-state index is -0.433. The third-order valence-electron chi connectivity index (χ3n) is 10.1. The number of hydrogen-bond donors (Lipinski definition) is 0. The molecule has 0 amide bonds. The molecule has 0 aliphatic carbocycles. The Bertz CT molecular complexity index is 1530. The van der Waals surface area contributed by atoms with Crippen LogP contribution in [0.5, 0.6) is 11.5 Å². The quantitative estimate of drug-likeness (QED) is 0.0800. The Morgan fingerprint density at radius 1 is 0.453 bits per heavy atom. The molecule has 0 bridgehead atoms. The zero-order chi connectivity index (χ0) is 38.3. The molecule has 0 aliphatic rings. The molecule has 0 saturated carbocycles. The summed E-state index contributed by atoms with van der Waals surface area (Å²) in [6, 6.07) is 30.9. The van der Waals surface area contributed by atoms with E-state index in [1.807, 2.05) is 13.8 Å². The van der Waals surface area contributed by atoms with E-state index in [9.17, 15) is 0 Å². The summed E-state index contributed by atoms with van der Waals surface area (Å²) in [4.78, 5) is 9.31. The Labute approximate surface area is 321 Å². The average molecular weight is 723 g/mol. The highest BCUT2D eigenvalue weighted by atomic mass is 16.5. The van der Waals surface area contributed by atoms with Gasteiger partial charge in [0.25, 0.3) is 0 Å². The second-order valence-corrected chi connectivity index (χ2v) is 13.6. The predicted molar refractivity (Wildman–Crippen MR) is 227 cm³/mol. The monoisotopic (exact) mass is 723 g/mol. The van der Waals surface area contributed by atoms with E-state index >= 15 is 0 Å². The summed E-state index contributed by atoms with van der Waals surface area (Å²) in [6.07, 6.45) is 1.31. The highest BCUT2D eigenvalue weighted by Crippen LogP contribution is 2.44. The fourth-order valence-corrected chi connectivity index (χ4v) is 7.15. The van der Waals surface area contributed by atoms with Crippen molar-refractivity contribution in [1.29, 1.82) is 0 Å². The first-order valence-electron chi connectivity index (χ1n) is 20.1. The minimum Gasteiger partial charge on any atom is -0.493 e. The van der Waals surface area contributed by atoms with Crippen LogP contribution in [-0.2, 0) is 4.74 Å². The Morgan fingerprint density at radius 3 is 1.09 bits per heavy atom. The summed E-state index contributed by atoms with van der Waals surface area (Å²) in [7, 11) is 4.31. The maximum Gasteiger partial charge on any atom is 0.127 e. The van der Waals surface area contributed by atoms with E-state index in [1.165, 1.54) is 11.4 Å². The van der Waals surface area contributed by atoms with Crippen molar-refractivity contribution in [3.8, 4) is 11.5 Å². The standard InChI is InChI=1S/C46H66N4O3/c1-11-31-47(9)37-23-19-35(20-24-37)45(41-29-27-39(49(13-3)14-4)33-43(41)51-17-7)53-46(36-21-25-38(26-22-36)48(10)32-12-2)42-30-28-40(50(15-5)16-6)34-44(42)52-18-8/h19-30,33-34,45-46H,11-18,31-32H2,1-10H3. The van der Waals surface area contributed by atoms with Gasteiger partial charge in [-0.2, -0.15) is 0 Å². The normalized spacial score (nSPS) is 12.3. The summed E-state index contributed by atoms with van der Waals surface area (Å²) in [5, 5.41) is 0. The highest BCUT2D eigenvalue weighted by molar-refractivity contribution is 5.58. The molecule has 0 radical (unpaired) electrons. The van der Waals surface area contributed by atoms with Crippen LogP contribution in [0.4, 0.5) is 22.7 Å². The average Bonchev–Trinajstić information content (AvgIpc) is 3.18. The van der Waals surface area contributed by atoms with Gasteiger partial charge in [-0.05, 0) is 102 Å². The van der Waals surface area contributed by atoms with Crippen molar-refractivity contribution < 1.29 is 14.2 Å². The van der Waals surface area contributed by atoms with Gasteiger partial charge in [-0.1, -0.05) is 50.2 Å². The van der Waals surface area contributed by atoms with Gasteiger partial charge in [-0.15, -0.1) is 0 Å². The Kier molecular flexibility index (Phi) is 16.2. The maximum atomic E-state index is 7.56. The van der Waals surface area contributed by atoms with Gasteiger partial charge in [0.05, 0.1) is 13.2 Å². The number of nitrogens with zero attached hydrogens (tertiary/aromatic N) is 4. The fraction of sp³-hybridized carbons (Fsp3) is 0.478. The van der Waals surface area contributed by atoms with Crippen LogP contribution in [0.1, 0.15) is 103 Å². The minimum absolute atomic E-state index is 0.433. The molecule has 4 aromatic carbocycles. The van der Waals surface area contributed by atoms with E-state index < -0.39 is 12.2 Å². The lowest BCUT2D eigenvalue weighted by Crippen LogP contribution is -2.22. The number of benzene rings is 4. The molecular weight excluding hydrogens is 657 g/mol. The lowest BCUT2D eigenvalue weighted by atomic mass is 9.95. The molecule has 7 heteroatoms. The maximum absolute atomic E-state index is 7.56. The largest absolute Gasteiger partial charge is 0.493 e. The topological polar surface area (TPSA) is 40.7 Å². The van der Waals surface area contributed by atoms with Gasteiger partial charge in [0.1, 0.15) is 23.7 Å². The fourth-order valence-electron chi connectivity index (χ4n) is 7.15. The van der Waals surface area contributed by atoms with Crippen molar-refractivity contribution in [2.24, 2.45) is 0 Å². The van der Waals surface area contributed by atoms with Gasteiger partial charge in [0, 0.05) is 99.4 Å². The van der Waals surface area contributed by atoms with Crippen LogP contribution < -0.4 is 29.1 Å². The Balaban J connectivity index is 1.95. The molecule has 0 spiro atoms. The zero-order valence-corrected chi connectivity index (χ0v) is 34.3. The summed E-state index contributed by atoms with van der Waals surface area (Å²) in [6.45, 7) is 24.1. The van der Waals surface area contributed by atoms with Crippen LogP contribution in [0.2, 0.25) is 0 Å². The number of ether oxygens (including phenoxy) is 3. The van der Waals surface area contributed by atoms with Crippen LogP contribution in [0.3, 0.4) is 0 Å². The second-order valence-electron chi connectivity index (χ2n) is 13.6. The number of hydrogen-bond acceptors (Lipinski definition) is 7. The molecule has 0 N–H and O–H groups in total. The van der Waals surface area contributed by atoms with E-state index in [1.54, 1.807) is 0 Å². The van der Waals surface area contributed by atoms with Crippen molar-refractivity contribution in [1.82, 2.24) is 0 Å². The zero-order valence-electron chi connectivity index (χ0n) is 34.3. The number of rotatable bonds is 22. The van der Waals surface area contributed by atoms with E-state index in [0.29, 0.717) is 13.2 Å². The van der Waals surface area contributed by atoms with Crippen LogP contribution in [-0.4, -0.2) is 66.6 Å². The lowest BCUT2D eigenvalue weighted by Gasteiger charge is -2.31. The molecule has 7 nitrogen and oxygen atoms in total. The molecule has 2 unspecified atom stereocenters. The molecule has 53 heavy (non-hydrogen) atoms. The first kappa shape index (κ1) is 41.4. The van der Waals surface area contributed by atoms with Crippen molar-refractivity contribution >= 4 is 22.7 Å². The van der Waals surface area contributed by atoms with Crippen molar-refractivity contribution in [2.45, 2.75) is 80.4 Å². The Morgan fingerprint density at radius 2 is 0.792 bits per heavy atom. The summed E-state index contributed by atoms with van der Waals surface area (Å²) >= 11 is 0. The van der Waals surface area contributed by atoms with E-state index in [2.05, 4.69) is 160 Å². The van der Waals surface area contributed by atoms with Crippen LogP contribution in [0.25, 0.3) is 0 Å². The molecule has 0 fully saturated rings. The third kappa shape index (κ3) is 10.4. The van der Waals surface area contributed by atoms with Gasteiger partial charge in [0.15, 0.2) is 0 Å². The summed E-state index contributed by atoms with van der Waals surface area (Å²) in [5.74, 6) is 1.68. The smallest absolute Gasteiger partial charge is 0.127 e.